The predicted octanol–water partition coefficient (Wildman–Crippen LogP) is 3.89. The monoisotopic (exact) mass is 409 g/mol. The predicted molar refractivity (Wildman–Crippen MR) is 112 cm³/mol. The van der Waals surface area contributed by atoms with Gasteiger partial charge in [-0.2, -0.15) is 0 Å². The summed E-state index contributed by atoms with van der Waals surface area (Å²) in [5.41, 5.74) is 0.929. The number of halogens is 1. The van der Waals surface area contributed by atoms with Crippen molar-refractivity contribution < 1.29 is 4.79 Å². The maximum absolute atomic E-state index is 12.7. The number of amides is 1. The van der Waals surface area contributed by atoms with E-state index in [0.29, 0.717) is 23.3 Å². The largest absolute Gasteiger partial charge is 0.342 e. The Morgan fingerprint density at radius 1 is 1.15 bits per heavy atom. The maximum Gasteiger partial charge on any atom is 0.235 e. The molecule has 0 aliphatic rings. The molecule has 6 nitrogen and oxygen atoms in total. The highest BCUT2D eigenvalue weighted by atomic mass is 35.5. The van der Waals surface area contributed by atoms with E-state index >= 15 is 0 Å². The van der Waals surface area contributed by atoms with E-state index in [-0.39, 0.29) is 17.2 Å². The Morgan fingerprint density at radius 3 is 2.26 bits per heavy atom. The van der Waals surface area contributed by atoms with Crippen molar-refractivity contribution in [2.45, 2.75) is 44.1 Å². The molecule has 8 heteroatoms. The van der Waals surface area contributed by atoms with E-state index in [1.54, 1.807) is 0 Å². The Bertz CT molecular complexity index is 758. The molecule has 2 rings (SSSR count). The van der Waals surface area contributed by atoms with Crippen LogP contribution < -0.4 is 0 Å². The molecule has 0 fully saturated rings. The fourth-order valence-electron chi connectivity index (χ4n) is 2.69. The van der Waals surface area contributed by atoms with Crippen LogP contribution in [0.2, 0.25) is 5.02 Å². The van der Waals surface area contributed by atoms with Crippen molar-refractivity contribution in [3.05, 3.63) is 35.1 Å². The van der Waals surface area contributed by atoms with Crippen molar-refractivity contribution in [2.24, 2.45) is 0 Å². The second-order valence-electron chi connectivity index (χ2n) is 6.56. The van der Waals surface area contributed by atoms with Crippen LogP contribution in [-0.4, -0.2) is 62.9 Å². The summed E-state index contributed by atoms with van der Waals surface area (Å²) >= 11 is 7.49. The minimum absolute atomic E-state index is 0.0660. The average Bonchev–Trinajstić information content (AvgIpc) is 3.05. The van der Waals surface area contributed by atoms with Crippen LogP contribution in [0.5, 0.6) is 0 Å². The third-order valence-corrected chi connectivity index (χ3v) is 5.88. The van der Waals surface area contributed by atoms with E-state index in [1.807, 2.05) is 68.6 Å². The fraction of sp³-hybridized carbons (Fsp3) is 0.526. The molecule has 0 bridgehead atoms. The highest BCUT2D eigenvalue weighted by Crippen LogP contribution is 2.30. The molecule has 0 saturated heterocycles. The number of carbonyl (C=O) groups excluding carboxylic acids is 1. The molecular formula is C19H28ClN5OS. The molecule has 2 unspecified atom stereocenters. The van der Waals surface area contributed by atoms with Gasteiger partial charge in [-0.1, -0.05) is 23.4 Å². The summed E-state index contributed by atoms with van der Waals surface area (Å²) in [5, 5.41) is 9.95. The van der Waals surface area contributed by atoms with Crippen molar-refractivity contribution in [1.82, 2.24) is 24.6 Å². The highest BCUT2D eigenvalue weighted by Gasteiger charge is 2.25. The van der Waals surface area contributed by atoms with Crippen LogP contribution in [0.25, 0.3) is 5.69 Å². The number of hydrogen-bond donors (Lipinski definition) is 0. The molecule has 148 valence electrons. The molecule has 2 aromatic rings. The zero-order valence-corrected chi connectivity index (χ0v) is 18.4. The fourth-order valence-corrected chi connectivity index (χ4v) is 3.78. The maximum atomic E-state index is 12.7. The number of aromatic nitrogens is 3. The van der Waals surface area contributed by atoms with Crippen molar-refractivity contribution in [3.8, 4) is 5.69 Å². The van der Waals surface area contributed by atoms with Crippen LogP contribution >= 0.6 is 23.4 Å². The topological polar surface area (TPSA) is 54.3 Å². The Hall–Kier alpha value is -1.57. The molecule has 0 aliphatic carbocycles. The number of carbonyl (C=O) groups is 1. The van der Waals surface area contributed by atoms with Gasteiger partial charge in [0, 0.05) is 23.8 Å². The van der Waals surface area contributed by atoms with Crippen molar-refractivity contribution in [3.63, 3.8) is 0 Å². The second-order valence-corrected chi connectivity index (χ2v) is 8.31. The molecule has 0 spiro atoms. The Kier molecular flexibility index (Phi) is 7.70. The van der Waals surface area contributed by atoms with Gasteiger partial charge in [0.25, 0.3) is 0 Å². The zero-order valence-electron chi connectivity index (χ0n) is 16.8. The summed E-state index contributed by atoms with van der Waals surface area (Å²) in [6.45, 7) is 9.38. The highest BCUT2D eigenvalue weighted by molar-refractivity contribution is 8.00. The smallest absolute Gasteiger partial charge is 0.235 e. The molecular weight excluding hydrogens is 382 g/mol. The third kappa shape index (κ3) is 5.03. The van der Waals surface area contributed by atoms with E-state index in [1.165, 1.54) is 11.8 Å². The molecule has 0 saturated carbocycles. The first kappa shape index (κ1) is 21.7. The quantitative estimate of drug-likeness (QED) is 0.619. The van der Waals surface area contributed by atoms with Gasteiger partial charge in [0.2, 0.25) is 5.91 Å². The minimum atomic E-state index is -0.248. The lowest BCUT2D eigenvalue weighted by molar-refractivity contribution is -0.129. The molecule has 1 heterocycles. The molecule has 0 radical (unpaired) electrons. The van der Waals surface area contributed by atoms with Crippen LogP contribution in [-0.2, 0) is 4.79 Å². The SMILES string of the molecule is CCN(CC)C(=O)C(C)Sc1nnc(C(C)N(C)C)n1-c1ccc(Cl)cc1. The lowest BCUT2D eigenvalue weighted by Gasteiger charge is -2.23. The van der Waals surface area contributed by atoms with Crippen LogP contribution in [0.3, 0.4) is 0 Å². The van der Waals surface area contributed by atoms with Gasteiger partial charge in [0.05, 0.1) is 11.3 Å². The molecule has 1 aromatic heterocycles. The number of hydrogen-bond acceptors (Lipinski definition) is 5. The van der Waals surface area contributed by atoms with Gasteiger partial charge in [-0.3, -0.25) is 14.3 Å². The van der Waals surface area contributed by atoms with E-state index in [0.717, 1.165) is 11.5 Å². The minimum Gasteiger partial charge on any atom is -0.342 e. The lowest BCUT2D eigenvalue weighted by Crippen LogP contribution is -2.36. The number of thioether (sulfide) groups is 1. The van der Waals surface area contributed by atoms with Gasteiger partial charge in [-0.25, -0.2) is 0 Å². The molecule has 27 heavy (non-hydrogen) atoms. The van der Waals surface area contributed by atoms with Gasteiger partial charge in [0.15, 0.2) is 11.0 Å². The summed E-state index contributed by atoms with van der Waals surface area (Å²) in [4.78, 5) is 16.6. The van der Waals surface area contributed by atoms with E-state index in [4.69, 9.17) is 11.6 Å². The van der Waals surface area contributed by atoms with Gasteiger partial charge in [-0.15, -0.1) is 10.2 Å². The van der Waals surface area contributed by atoms with Gasteiger partial charge >= 0.3 is 0 Å². The normalized spacial score (nSPS) is 13.6. The lowest BCUT2D eigenvalue weighted by atomic mass is 10.2. The van der Waals surface area contributed by atoms with Crippen LogP contribution in [0.1, 0.15) is 39.6 Å². The first-order chi connectivity index (χ1) is 12.8. The standard InChI is InChI=1S/C19H28ClN5OS/c1-7-24(8-2)18(26)14(4)27-19-22-21-17(13(3)23(5)6)25(19)16-11-9-15(20)10-12-16/h9-14H,7-8H2,1-6H3. The van der Waals surface area contributed by atoms with Crippen molar-refractivity contribution in [1.29, 1.82) is 0 Å². The summed E-state index contributed by atoms with van der Waals surface area (Å²) in [7, 11) is 4.01. The molecule has 0 N–H and O–H groups in total. The summed E-state index contributed by atoms with van der Waals surface area (Å²) in [6.07, 6.45) is 0. The third-order valence-electron chi connectivity index (χ3n) is 4.60. The average molecular weight is 410 g/mol. The van der Waals surface area contributed by atoms with Crippen molar-refractivity contribution in [2.75, 3.05) is 27.2 Å². The van der Waals surface area contributed by atoms with Crippen LogP contribution in [0.15, 0.2) is 29.4 Å². The second kappa shape index (κ2) is 9.57. The van der Waals surface area contributed by atoms with E-state index in [2.05, 4.69) is 22.0 Å². The molecule has 0 aliphatic heterocycles. The molecule has 2 atom stereocenters. The Morgan fingerprint density at radius 2 is 1.74 bits per heavy atom. The number of rotatable bonds is 8. The molecule has 1 aromatic carbocycles. The summed E-state index contributed by atoms with van der Waals surface area (Å²) in [5.74, 6) is 0.935. The van der Waals surface area contributed by atoms with Crippen LogP contribution in [0.4, 0.5) is 0 Å². The van der Waals surface area contributed by atoms with Gasteiger partial charge in [0.1, 0.15) is 0 Å². The van der Waals surface area contributed by atoms with E-state index < -0.39 is 0 Å². The Balaban J connectivity index is 2.41. The Labute approximate surface area is 170 Å². The van der Waals surface area contributed by atoms with Gasteiger partial charge in [-0.05, 0) is 66.1 Å². The number of nitrogens with zero attached hydrogens (tertiary/aromatic N) is 5. The first-order valence-corrected chi connectivity index (χ1v) is 10.4. The van der Waals surface area contributed by atoms with E-state index in [9.17, 15) is 4.79 Å². The van der Waals surface area contributed by atoms with Gasteiger partial charge < -0.3 is 4.90 Å². The zero-order chi connectivity index (χ0) is 20.1. The summed E-state index contributed by atoms with van der Waals surface area (Å²) < 4.78 is 2.01. The van der Waals surface area contributed by atoms with Crippen molar-refractivity contribution >= 4 is 29.3 Å². The first-order valence-electron chi connectivity index (χ1n) is 9.13. The summed E-state index contributed by atoms with van der Waals surface area (Å²) in [6, 6.07) is 7.65. The molecule has 1 amide bonds. The number of benzene rings is 1. The van der Waals surface area contributed by atoms with Crippen LogP contribution in [0, 0.1) is 0 Å².